The predicted octanol–water partition coefficient (Wildman–Crippen LogP) is 3.30. The first-order chi connectivity index (χ1) is 9.25. The molecule has 4 nitrogen and oxygen atoms in total. The van der Waals surface area contributed by atoms with Gasteiger partial charge in [0.05, 0.1) is 5.69 Å². The predicted molar refractivity (Wildman–Crippen MR) is 76.7 cm³/mol. The number of pyridine rings is 1. The van der Waals surface area contributed by atoms with E-state index in [4.69, 9.17) is 12.2 Å². The van der Waals surface area contributed by atoms with E-state index in [-0.39, 0.29) is 0 Å². The molecule has 0 aliphatic heterocycles. The molecule has 0 aliphatic carbocycles. The summed E-state index contributed by atoms with van der Waals surface area (Å²) in [6.45, 7) is 1.96. The number of benzene rings is 1. The molecule has 5 heteroatoms. The molecule has 19 heavy (non-hydrogen) atoms. The molecule has 94 valence electrons. The van der Waals surface area contributed by atoms with Gasteiger partial charge in [0.15, 0.2) is 10.6 Å². The van der Waals surface area contributed by atoms with Gasteiger partial charge in [-0.05, 0) is 43.4 Å². The number of aromatic amines is 1. The zero-order chi connectivity index (χ0) is 13.2. The van der Waals surface area contributed by atoms with Crippen LogP contribution in [0.2, 0.25) is 0 Å². The summed E-state index contributed by atoms with van der Waals surface area (Å²) in [7, 11) is 0. The van der Waals surface area contributed by atoms with E-state index in [1.54, 1.807) is 0 Å². The Bertz CT molecular complexity index is 758. The second kappa shape index (κ2) is 4.78. The van der Waals surface area contributed by atoms with Crippen molar-refractivity contribution in [3.63, 3.8) is 0 Å². The van der Waals surface area contributed by atoms with Gasteiger partial charge >= 0.3 is 0 Å². The first-order valence-electron chi connectivity index (χ1n) is 5.92. The van der Waals surface area contributed by atoms with E-state index in [2.05, 4.69) is 15.2 Å². The molecule has 0 saturated heterocycles. The zero-order valence-electron chi connectivity index (χ0n) is 10.4. The molecule has 0 bridgehead atoms. The maximum absolute atomic E-state index is 5.30. The average Bonchev–Trinajstić information content (AvgIpc) is 2.82. The topological polar surface area (TPSA) is 46.5 Å². The van der Waals surface area contributed by atoms with E-state index in [0.29, 0.717) is 4.77 Å². The van der Waals surface area contributed by atoms with E-state index in [0.717, 1.165) is 22.9 Å². The van der Waals surface area contributed by atoms with E-state index in [1.165, 1.54) is 0 Å². The van der Waals surface area contributed by atoms with Gasteiger partial charge in [-0.15, -0.1) is 0 Å². The molecule has 0 fully saturated rings. The molecule has 2 heterocycles. The Labute approximate surface area is 115 Å². The van der Waals surface area contributed by atoms with E-state index >= 15 is 0 Å². The molecule has 0 radical (unpaired) electrons. The van der Waals surface area contributed by atoms with Crippen LogP contribution in [0.1, 0.15) is 5.69 Å². The Balaban J connectivity index is 2.22. The Morgan fingerprint density at radius 2 is 1.84 bits per heavy atom. The Kier molecular flexibility index (Phi) is 2.97. The molecule has 3 rings (SSSR count). The van der Waals surface area contributed by atoms with Crippen LogP contribution in [0.3, 0.4) is 0 Å². The lowest BCUT2D eigenvalue weighted by molar-refractivity contribution is 1.03. The van der Waals surface area contributed by atoms with Gasteiger partial charge in [-0.25, -0.2) is 4.98 Å². The second-order valence-electron chi connectivity index (χ2n) is 4.19. The molecule has 0 amide bonds. The van der Waals surface area contributed by atoms with Crippen LogP contribution < -0.4 is 0 Å². The Morgan fingerprint density at radius 1 is 1.05 bits per heavy atom. The first-order valence-corrected chi connectivity index (χ1v) is 6.33. The van der Waals surface area contributed by atoms with Gasteiger partial charge in [-0.2, -0.15) is 5.10 Å². The Morgan fingerprint density at radius 3 is 2.58 bits per heavy atom. The van der Waals surface area contributed by atoms with Crippen LogP contribution in [-0.4, -0.2) is 19.7 Å². The minimum absolute atomic E-state index is 0.560. The third kappa shape index (κ3) is 2.20. The summed E-state index contributed by atoms with van der Waals surface area (Å²) in [6.07, 6.45) is 0. The lowest BCUT2D eigenvalue weighted by Crippen LogP contribution is -1.99. The van der Waals surface area contributed by atoms with E-state index in [9.17, 15) is 0 Å². The number of hydrogen-bond donors (Lipinski definition) is 1. The van der Waals surface area contributed by atoms with Crippen molar-refractivity contribution in [1.82, 2.24) is 19.7 Å². The number of nitrogens with zero attached hydrogens (tertiary/aromatic N) is 3. The van der Waals surface area contributed by atoms with Crippen LogP contribution in [0.25, 0.3) is 17.2 Å². The van der Waals surface area contributed by atoms with Gasteiger partial charge < -0.3 is 0 Å². The number of nitrogens with one attached hydrogen (secondary N) is 1. The lowest BCUT2D eigenvalue weighted by Gasteiger charge is -2.06. The molecule has 2 aromatic heterocycles. The fourth-order valence-corrected chi connectivity index (χ4v) is 2.19. The largest absolute Gasteiger partial charge is 0.267 e. The van der Waals surface area contributed by atoms with Crippen LogP contribution in [0, 0.1) is 11.7 Å². The molecule has 0 unspecified atom stereocenters. The average molecular weight is 268 g/mol. The molecule has 0 aliphatic rings. The lowest BCUT2D eigenvalue weighted by atomic mass is 10.2. The molecule has 1 N–H and O–H groups in total. The van der Waals surface area contributed by atoms with Gasteiger partial charge in [0.25, 0.3) is 0 Å². The van der Waals surface area contributed by atoms with E-state index < -0.39 is 0 Å². The minimum Gasteiger partial charge on any atom is -0.267 e. The van der Waals surface area contributed by atoms with Crippen molar-refractivity contribution in [2.24, 2.45) is 0 Å². The highest BCUT2D eigenvalue weighted by molar-refractivity contribution is 7.71. The van der Waals surface area contributed by atoms with Crippen molar-refractivity contribution in [2.75, 3.05) is 0 Å². The van der Waals surface area contributed by atoms with Crippen LogP contribution >= 0.6 is 12.2 Å². The van der Waals surface area contributed by atoms with Crippen molar-refractivity contribution in [1.29, 1.82) is 0 Å². The summed E-state index contributed by atoms with van der Waals surface area (Å²) in [5, 5.41) is 7.12. The molecular weight excluding hydrogens is 256 g/mol. The summed E-state index contributed by atoms with van der Waals surface area (Å²) < 4.78 is 2.45. The van der Waals surface area contributed by atoms with Crippen molar-refractivity contribution < 1.29 is 0 Å². The van der Waals surface area contributed by atoms with Gasteiger partial charge in [0.1, 0.15) is 5.69 Å². The minimum atomic E-state index is 0.560. The van der Waals surface area contributed by atoms with Gasteiger partial charge in [-0.1, -0.05) is 24.3 Å². The summed E-state index contributed by atoms with van der Waals surface area (Å²) >= 11 is 5.30. The fraction of sp³-hybridized carbons (Fsp3) is 0.0714. The number of para-hydroxylation sites is 1. The standard InChI is InChI=1S/C14H12N4S/c1-10-6-5-9-12(15-10)13-16-17-14(19)18(13)11-7-3-2-4-8-11/h2-9H,1H3,(H,17,19). The van der Waals surface area contributed by atoms with Gasteiger partial charge in [0.2, 0.25) is 0 Å². The third-order valence-electron chi connectivity index (χ3n) is 2.80. The molecule has 3 aromatic rings. The zero-order valence-corrected chi connectivity index (χ0v) is 11.2. The normalized spacial score (nSPS) is 10.6. The highest BCUT2D eigenvalue weighted by Crippen LogP contribution is 2.19. The number of H-pyrrole nitrogens is 1. The second-order valence-corrected chi connectivity index (χ2v) is 4.57. The van der Waals surface area contributed by atoms with Crippen LogP contribution in [0.15, 0.2) is 48.5 Å². The molecule has 0 saturated carbocycles. The highest BCUT2D eigenvalue weighted by Gasteiger charge is 2.11. The smallest absolute Gasteiger partial charge is 0.200 e. The fourth-order valence-electron chi connectivity index (χ4n) is 1.95. The summed E-state index contributed by atoms with van der Waals surface area (Å²) in [4.78, 5) is 4.49. The number of aromatic nitrogens is 4. The summed E-state index contributed by atoms with van der Waals surface area (Å²) in [5.41, 5.74) is 2.72. The van der Waals surface area contributed by atoms with Crippen LogP contribution in [0.4, 0.5) is 0 Å². The highest BCUT2D eigenvalue weighted by atomic mass is 32.1. The monoisotopic (exact) mass is 268 g/mol. The third-order valence-corrected chi connectivity index (χ3v) is 3.08. The number of aryl methyl sites for hydroxylation is 1. The first kappa shape index (κ1) is 11.8. The summed E-state index contributed by atoms with van der Waals surface area (Å²) in [5.74, 6) is 0.722. The van der Waals surface area contributed by atoms with E-state index in [1.807, 2.05) is 60.0 Å². The Hall–Kier alpha value is -2.27. The maximum Gasteiger partial charge on any atom is 0.200 e. The number of hydrogen-bond acceptors (Lipinski definition) is 3. The van der Waals surface area contributed by atoms with Crippen LogP contribution in [-0.2, 0) is 0 Å². The van der Waals surface area contributed by atoms with Crippen molar-refractivity contribution >= 4 is 12.2 Å². The summed E-state index contributed by atoms with van der Waals surface area (Å²) in [6, 6.07) is 15.7. The SMILES string of the molecule is Cc1cccc(-c2n[nH]c(=S)n2-c2ccccc2)n1. The molecule has 1 aromatic carbocycles. The molecule has 0 atom stereocenters. The van der Waals surface area contributed by atoms with Gasteiger partial charge in [0, 0.05) is 5.69 Å². The maximum atomic E-state index is 5.30. The van der Waals surface area contributed by atoms with Crippen molar-refractivity contribution in [3.05, 3.63) is 59.0 Å². The number of rotatable bonds is 2. The van der Waals surface area contributed by atoms with Crippen LogP contribution in [0.5, 0.6) is 0 Å². The molecule has 0 spiro atoms. The van der Waals surface area contributed by atoms with Crippen molar-refractivity contribution in [3.8, 4) is 17.2 Å². The van der Waals surface area contributed by atoms with Gasteiger partial charge in [-0.3, -0.25) is 9.67 Å². The quantitative estimate of drug-likeness (QED) is 0.725. The molecular formula is C14H12N4S. The van der Waals surface area contributed by atoms with Crippen molar-refractivity contribution in [2.45, 2.75) is 6.92 Å².